The standard InChI is InChI=1S/C24H31N3O/c1-17-7-6-8-18(2)23(17)24(28)27-15-20-13-26(14-21(20)16-27)12-11-22(25)19-9-4-3-5-10-19/h3-10,20-22H,11-16,25H2,1-2H3/t20?,21?,22-/m1/s1. The summed E-state index contributed by atoms with van der Waals surface area (Å²) >= 11 is 0. The molecule has 0 radical (unpaired) electrons. The number of hydrogen-bond acceptors (Lipinski definition) is 3. The van der Waals surface area contributed by atoms with Crippen LogP contribution in [0.3, 0.4) is 0 Å². The highest BCUT2D eigenvalue weighted by Crippen LogP contribution is 2.33. The molecule has 4 nitrogen and oxygen atoms in total. The Hall–Kier alpha value is -2.17. The smallest absolute Gasteiger partial charge is 0.254 e. The van der Waals surface area contributed by atoms with Crippen LogP contribution in [-0.2, 0) is 0 Å². The summed E-state index contributed by atoms with van der Waals surface area (Å²) in [5, 5.41) is 0. The van der Waals surface area contributed by atoms with Crippen molar-refractivity contribution in [2.24, 2.45) is 17.6 Å². The zero-order chi connectivity index (χ0) is 19.7. The van der Waals surface area contributed by atoms with Crippen LogP contribution >= 0.6 is 0 Å². The first-order valence-corrected chi connectivity index (χ1v) is 10.4. The molecule has 3 atom stereocenters. The van der Waals surface area contributed by atoms with Crippen molar-refractivity contribution in [3.8, 4) is 0 Å². The number of rotatable bonds is 5. The van der Waals surface area contributed by atoms with Gasteiger partial charge in [-0.05, 0) is 55.3 Å². The number of benzene rings is 2. The van der Waals surface area contributed by atoms with E-state index in [1.54, 1.807) is 0 Å². The van der Waals surface area contributed by atoms with Crippen molar-refractivity contribution < 1.29 is 4.79 Å². The maximum absolute atomic E-state index is 13.1. The zero-order valence-corrected chi connectivity index (χ0v) is 17.0. The van der Waals surface area contributed by atoms with Gasteiger partial charge in [-0.25, -0.2) is 0 Å². The van der Waals surface area contributed by atoms with Crippen molar-refractivity contribution >= 4 is 5.91 Å². The van der Waals surface area contributed by atoms with Crippen molar-refractivity contribution in [2.45, 2.75) is 26.3 Å². The van der Waals surface area contributed by atoms with Gasteiger partial charge in [-0.15, -0.1) is 0 Å². The first kappa shape index (κ1) is 19.2. The summed E-state index contributed by atoms with van der Waals surface area (Å²) < 4.78 is 0. The van der Waals surface area contributed by atoms with Crippen LogP contribution in [0, 0.1) is 25.7 Å². The largest absolute Gasteiger partial charge is 0.338 e. The Balaban J connectivity index is 1.31. The number of fused-ring (bicyclic) bond motifs is 1. The molecule has 2 aliphatic heterocycles. The predicted octanol–water partition coefficient (Wildman–Crippen LogP) is 3.40. The topological polar surface area (TPSA) is 49.6 Å². The highest BCUT2D eigenvalue weighted by Gasteiger charge is 2.41. The van der Waals surface area contributed by atoms with Crippen molar-refractivity contribution in [1.82, 2.24) is 9.80 Å². The van der Waals surface area contributed by atoms with Gasteiger partial charge in [0.05, 0.1) is 0 Å². The molecular weight excluding hydrogens is 346 g/mol. The van der Waals surface area contributed by atoms with E-state index < -0.39 is 0 Å². The predicted molar refractivity (Wildman–Crippen MR) is 113 cm³/mol. The van der Waals surface area contributed by atoms with E-state index in [1.165, 1.54) is 5.56 Å². The van der Waals surface area contributed by atoms with Gasteiger partial charge in [-0.3, -0.25) is 4.79 Å². The maximum Gasteiger partial charge on any atom is 0.254 e. The van der Waals surface area contributed by atoms with Crippen LogP contribution < -0.4 is 5.73 Å². The minimum atomic E-state index is 0.101. The van der Waals surface area contributed by atoms with E-state index in [4.69, 9.17) is 5.73 Å². The summed E-state index contributed by atoms with van der Waals surface area (Å²) in [4.78, 5) is 17.7. The lowest BCUT2D eigenvalue weighted by molar-refractivity contribution is 0.0772. The molecule has 2 fully saturated rings. The maximum atomic E-state index is 13.1. The molecule has 2 heterocycles. The molecule has 0 aromatic heterocycles. The molecule has 2 N–H and O–H groups in total. The fraction of sp³-hybridized carbons (Fsp3) is 0.458. The number of carbonyl (C=O) groups excluding carboxylic acids is 1. The summed E-state index contributed by atoms with van der Waals surface area (Å²) in [7, 11) is 0. The summed E-state index contributed by atoms with van der Waals surface area (Å²) in [6.07, 6.45) is 0.981. The minimum absolute atomic E-state index is 0.101. The molecule has 1 amide bonds. The van der Waals surface area contributed by atoms with Crippen molar-refractivity contribution in [1.29, 1.82) is 0 Å². The highest BCUT2D eigenvalue weighted by molar-refractivity contribution is 5.97. The Morgan fingerprint density at radius 2 is 1.57 bits per heavy atom. The van der Waals surface area contributed by atoms with Crippen LogP contribution in [0.1, 0.15) is 39.5 Å². The molecule has 4 rings (SSSR count). The molecule has 0 saturated carbocycles. The average molecular weight is 378 g/mol. The number of nitrogens with zero attached hydrogens (tertiary/aromatic N) is 2. The number of amides is 1. The van der Waals surface area contributed by atoms with Crippen molar-refractivity contribution in [3.63, 3.8) is 0 Å². The molecule has 2 unspecified atom stereocenters. The van der Waals surface area contributed by atoms with E-state index in [0.29, 0.717) is 11.8 Å². The van der Waals surface area contributed by atoms with Gasteiger partial charge >= 0.3 is 0 Å². The molecule has 0 bridgehead atoms. The van der Waals surface area contributed by atoms with Crippen LogP contribution in [0.2, 0.25) is 0 Å². The average Bonchev–Trinajstić information content (AvgIpc) is 3.25. The molecule has 2 aliphatic rings. The second-order valence-electron chi connectivity index (χ2n) is 8.56. The van der Waals surface area contributed by atoms with Gasteiger partial charge in [0, 0.05) is 37.8 Å². The lowest BCUT2D eigenvalue weighted by atomic mass is 10.0. The molecule has 0 aliphatic carbocycles. The number of nitrogens with two attached hydrogens (primary N) is 1. The monoisotopic (exact) mass is 377 g/mol. The summed E-state index contributed by atoms with van der Waals surface area (Å²) in [5.74, 6) is 1.41. The minimum Gasteiger partial charge on any atom is -0.338 e. The Morgan fingerprint density at radius 1 is 0.964 bits per heavy atom. The molecular formula is C24H31N3O. The van der Waals surface area contributed by atoms with Crippen molar-refractivity contribution in [2.75, 3.05) is 32.7 Å². The first-order chi connectivity index (χ1) is 13.5. The van der Waals surface area contributed by atoms with E-state index in [-0.39, 0.29) is 11.9 Å². The number of hydrogen-bond donors (Lipinski definition) is 1. The van der Waals surface area contributed by atoms with Gasteiger partial charge in [0.1, 0.15) is 0 Å². The second-order valence-corrected chi connectivity index (χ2v) is 8.56. The zero-order valence-electron chi connectivity index (χ0n) is 17.0. The number of aryl methyl sites for hydroxylation is 2. The van der Waals surface area contributed by atoms with E-state index in [2.05, 4.69) is 34.1 Å². The van der Waals surface area contributed by atoms with Gasteiger partial charge in [-0.1, -0.05) is 48.5 Å². The SMILES string of the molecule is Cc1cccc(C)c1C(=O)N1CC2CN(CC[C@@H](N)c3ccccc3)CC2C1. The summed E-state index contributed by atoms with van der Waals surface area (Å²) in [6, 6.07) is 16.6. The summed E-state index contributed by atoms with van der Waals surface area (Å²) in [6.45, 7) is 9.06. The lowest BCUT2D eigenvalue weighted by Crippen LogP contribution is -2.34. The van der Waals surface area contributed by atoms with Crippen LogP contribution in [0.4, 0.5) is 0 Å². The molecule has 2 aromatic rings. The molecule has 28 heavy (non-hydrogen) atoms. The third kappa shape index (κ3) is 3.85. The third-order valence-corrected chi connectivity index (χ3v) is 6.53. The van der Waals surface area contributed by atoms with Crippen LogP contribution in [-0.4, -0.2) is 48.4 Å². The normalized spacial score (nSPS) is 23.0. The highest BCUT2D eigenvalue weighted by atomic mass is 16.2. The molecule has 2 saturated heterocycles. The van der Waals surface area contributed by atoms with Gasteiger partial charge in [-0.2, -0.15) is 0 Å². The lowest BCUT2D eigenvalue weighted by Gasteiger charge is -2.24. The quantitative estimate of drug-likeness (QED) is 0.869. The van der Waals surface area contributed by atoms with E-state index >= 15 is 0 Å². The molecule has 4 heteroatoms. The molecule has 2 aromatic carbocycles. The van der Waals surface area contributed by atoms with Crippen LogP contribution in [0.25, 0.3) is 0 Å². The second kappa shape index (κ2) is 8.06. The van der Waals surface area contributed by atoms with Gasteiger partial charge < -0.3 is 15.5 Å². The fourth-order valence-corrected chi connectivity index (χ4v) is 4.94. The van der Waals surface area contributed by atoms with Crippen LogP contribution in [0.5, 0.6) is 0 Å². The van der Waals surface area contributed by atoms with E-state index in [9.17, 15) is 4.79 Å². The van der Waals surface area contributed by atoms with E-state index in [0.717, 1.165) is 55.8 Å². The van der Waals surface area contributed by atoms with Gasteiger partial charge in [0.2, 0.25) is 0 Å². The molecule has 0 spiro atoms. The summed E-state index contributed by atoms with van der Waals surface area (Å²) in [5.41, 5.74) is 10.6. The van der Waals surface area contributed by atoms with E-state index in [1.807, 2.05) is 38.1 Å². The van der Waals surface area contributed by atoms with Gasteiger partial charge in [0.15, 0.2) is 0 Å². The Kier molecular flexibility index (Phi) is 5.51. The number of likely N-dealkylation sites (tertiary alicyclic amines) is 2. The van der Waals surface area contributed by atoms with Crippen molar-refractivity contribution in [3.05, 3.63) is 70.8 Å². The first-order valence-electron chi connectivity index (χ1n) is 10.4. The third-order valence-electron chi connectivity index (χ3n) is 6.53. The Labute approximate surface area is 168 Å². The Bertz CT molecular complexity index is 801. The fourth-order valence-electron chi connectivity index (χ4n) is 4.94. The number of carbonyl (C=O) groups is 1. The van der Waals surface area contributed by atoms with Gasteiger partial charge in [0.25, 0.3) is 5.91 Å². The Morgan fingerprint density at radius 3 is 2.18 bits per heavy atom. The van der Waals surface area contributed by atoms with Crippen LogP contribution in [0.15, 0.2) is 48.5 Å². The molecule has 148 valence electrons.